The average molecular weight is 291 g/mol. The van der Waals surface area contributed by atoms with Crippen molar-refractivity contribution < 1.29 is 0 Å². The molecule has 0 saturated carbocycles. The molecule has 3 heteroatoms. The van der Waals surface area contributed by atoms with Crippen molar-refractivity contribution in [1.82, 2.24) is 15.1 Å². The lowest BCUT2D eigenvalue weighted by Gasteiger charge is -2.28. The number of benzene rings is 1. The van der Waals surface area contributed by atoms with Crippen molar-refractivity contribution >= 4 is 0 Å². The summed E-state index contributed by atoms with van der Waals surface area (Å²) in [5.74, 6) is 0.719. The lowest BCUT2D eigenvalue weighted by Crippen LogP contribution is -2.36. The van der Waals surface area contributed by atoms with Gasteiger partial charge in [-0.15, -0.1) is 0 Å². The molecular weight excluding hydrogens is 258 g/mol. The maximum Gasteiger partial charge on any atom is 0.0329 e. The highest BCUT2D eigenvalue weighted by molar-refractivity contribution is 5.18. The summed E-state index contributed by atoms with van der Waals surface area (Å²) in [6, 6.07) is 11.2. The van der Waals surface area contributed by atoms with Gasteiger partial charge < -0.3 is 15.1 Å². The van der Waals surface area contributed by atoms with Crippen LogP contribution >= 0.6 is 0 Å². The lowest BCUT2D eigenvalue weighted by atomic mass is 10.0. The van der Waals surface area contributed by atoms with Gasteiger partial charge in [0.05, 0.1) is 0 Å². The molecule has 0 heterocycles. The minimum atomic E-state index is 0.445. The number of rotatable bonds is 10. The number of nitrogens with zero attached hydrogens (tertiary/aromatic N) is 2. The Kier molecular flexibility index (Phi) is 8.58. The van der Waals surface area contributed by atoms with E-state index in [1.54, 1.807) is 0 Å². The zero-order chi connectivity index (χ0) is 15.7. The van der Waals surface area contributed by atoms with Gasteiger partial charge in [0, 0.05) is 32.2 Å². The first-order valence-electron chi connectivity index (χ1n) is 8.12. The normalized spacial score (nSPS) is 13.3. The van der Waals surface area contributed by atoms with E-state index in [1.165, 1.54) is 12.1 Å². The van der Waals surface area contributed by atoms with Crippen LogP contribution in [0, 0.1) is 5.92 Å². The summed E-state index contributed by atoms with van der Waals surface area (Å²) in [5, 5.41) is 3.45. The molecule has 0 amide bonds. The van der Waals surface area contributed by atoms with E-state index < -0.39 is 0 Å². The fraction of sp³-hybridized carbons (Fsp3) is 0.667. The van der Waals surface area contributed by atoms with E-state index in [9.17, 15) is 0 Å². The Morgan fingerprint density at radius 1 is 1.00 bits per heavy atom. The molecule has 0 radical (unpaired) electrons. The topological polar surface area (TPSA) is 18.5 Å². The van der Waals surface area contributed by atoms with Gasteiger partial charge in [-0.1, -0.05) is 44.2 Å². The van der Waals surface area contributed by atoms with Crippen molar-refractivity contribution in [2.24, 2.45) is 5.92 Å². The van der Waals surface area contributed by atoms with Crippen molar-refractivity contribution in [3.8, 4) is 0 Å². The fourth-order valence-electron chi connectivity index (χ4n) is 2.63. The van der Waals surface area contributed by atoms with Crippen LogP contribution in [-0.4, -0.2) is 57.1 Å². The molecule has 21 heavy (non-hydrogen) atoms. The van der Waals surface area contributed by atoms with Gasteiger partial charge in [-0.25, -0.2) is 0 Å². The molecule has 3 nitrogen and oxygen atoms in total. The number of hydrogen-bond donors (Lipinski definition) is 1. The van der Waals surface area contributed by atoms with E-state index >= 15 is 0 Å². The maximum atomic E-state index is 3.45. The van der Waals surface area contributed by atoms with E-state index in [0.717, 1.165) is 32.0 Å². The van der Waals surface area contributed by atoms with Crippen molar-refractivity contribution in [1.29, 1.82) is 0 Å². The molecule has 0 aromatic heterocycles. The van der Waals surface area contributed by atoms with Crippen LogP contribution in [0.3, 0.4) is 0 Å². The second-order valence-corrected chi connectivity index (χ2v) is 6.54. The first-order valence-corrected chi connectivity index (χ1v) is 8.12. The minimum absolute atomic E-state index is 0.445. The summed E-state index contributed by atoms with van der Waals surface area (Å²) in [4.78, 5) is 4.86. The van der Waals surface area contributed by atoms with Gasteiger partial charge in [0.25, 0.3) is 0 Å². The number of hydrogen-bond acceptors (Lipinski definition) is 3. The highest BCUT2D eigenvalue weighted by atomic mass is 15.2. The maximum absolute atomic E-state index is 3.45. The van der Waals surface area contributed by atoms with Crippen LogP contribution in [0.5, 0.6) is 0 Å². The highest BCUT2D eigenvalue weighted by Gasteiger charge is 2.13. The quantitative estimate of drug-likeness (QED) is 0.715. The van der Waals surface area contributed by atoms with Crippen LogP contribution in [0.4, 0.5) is 0 Å². The van der Waals surface area contributed by atoms with E-state index in [4.69, 9.17) is 0 Å². The standard InChI is InChI=1S/C18H33N3/c1-16(2)15-21(14-13-20(4)5)12-11-18(19-3)17-9-7-6-8-10-17/h6-10,16,18-19H,11-15H2,1-5H3. The molecule has 1 atom stereocenters. The molecular formula is C18H33N3. The van der Waals surface area contributed by atoms with Gasteiger partial charge >= 0.3 is 0 Å². The number of likely N-dealkylation sites (N-methyl/N-ethyl adjacent to an activating group) is 1. The first kappa shape index (κ1) is 18.1. The molecule has 0 fully saturated rings. The van der Waals surface area contributed by atoms with Crippen LogP contribution in [0.25, 0.3) is 0 Å². The van der Waals surface area contributed by atoms with Crippen LogP contribution in [-0.2, 0) is 0 Å². The lowest BCUT2D eigenvalue weighted by molar-refractivity contribution is 0.210. The zero-order valence-corrected chi connectivity index (χ0v) is 14.5. The molecule has 0 bridgehead atoms. The van der Waals surface area contributed by atoms with Gasteiger partial charge in [0.2, 0.25) is 0 Å². The summed E-state index contributed by atoms with van der Waals surface area (Å²) in [6.45, 7) is 9.20. The molecule has 0 aliphatic heterocycles. The second kappa shape index (κ2) is 9.93. The molecule has 120 valence electrons. The third-order valence-electron chi connectivity index (χ3n) is 3.77. The molecule has 1 unspecified atom stereocenters. The largest absolute Gasteiger partial charge is 0.313 e. The third kappa shape index (κ3) is 7.60. The fourth-order valence-corrected chi connectivity index (χ4v) is 2.63. The van der Waals surface area contributed by atoms with Crippen LogP contribution in [0.15, 0.2) is 30.3 Å². The average Bonchev–Trinajstić information content (AvgIpc) is 2.45. The summed E-state index contributed by atoms with van der Waals surface area (Å²) >= 11 is 0. The Morgan fingerprint density at radius 3 is 2.19 bits per heavy atom. The molecule has 1 aromatic rings. The Bertz CT molecular complexity index is 362. The highest BCUT2D eigenvalue weighted by Crippen LogP contribution is 2.16. The van der Waals surface area contributed by atoms with Gasteiger partial charge in [0.15, 0.2) is 0 Å². The van der Waals surface area contributed by atoms with Crippen LogP contribution < -0.4 is 5.32 Å². The van der Waals surface area contributed by atoms with Gasteiger partial charge in [-0.2, -0.15) is 0 Å². The molecule has 1 rings (SSSR count). The zero-order valence-electron chi connectivity index (χ0n) is 14.5. The van der Waals surface area contributed by atoms with E-state index in [1.807, 2.05) is 0 Å². The van der Waals surface area contributed by atoms with Crippen LogP contribution in [0.1, 0.15) is 31.9 Å². The predicted molar refractivity (Wildman–Crippen MR) is 92.7 cm³/mol. The summed E-state index contributed by atoms with van der Waals surface area (Å²) < 4.78 is 0. The Hall–Kier alpha value is -0.900. The van der Waals surface area contributed by atoms with Gasteiger partial charge in [-0.3, -0.25) is 0 Å². The van der Waals surface area contributed by atoms with E-state index in [2.05, 4.69) is 80.4 Å². The minimum Gasteiger partial charge on any atom is -0.313 e. The summed E-state index contributed by atoms with van der Waals surface area (Å²) in [7, 11) is 6.35. The SMILES string of the molecule is CNC(CCN(CCN(C)C)CC(C)C)c1ccccc1. The van der Waals surface area contributed by atoms with Crippen molar-refractivity contribution in [2.75, 3.05) is 47.3 Å². The van der Waals surface area contributed by atoms with Crippen molar-refractivity contribution in [3.63, 3.8) is 0 Å². The molecule has 0 aliphatic carbocycles. The smallest absolute Gasteiger partial charge is 0.0329 e. The van der Waals surface area contributed by atoms with E-state index in [0.29, 0.717) is 6.04 Å². The Morgan fingerprint density at radius 2 is 1.67 bits per heavy atom. The molecule has 0 aliphatic rings. The molecule has 1 aromatic carbocycles. The summed E-state index contributed by atoms with van der Waals surface area (Å²) in [6.07, 6.45) is 1.15. The third-order valence-corrected chi connectivity index (χ3v) is 3.77. The van der Waals surface area contributed by atoms with E-state index in [-0.39, 0.29) is 0 Å². The molecule has 1 N–H and O–H groups in total. The van der Waals surface area contributed by atoms with Crippen molar-refractivity contribution in [2.45, 2.75) is 26.3 Å². The summed E-state index contributed by atoms with van der Waals surface area (Å²) in [5.41, 5.74) is 1.39. The first-order chi connectivity index (χ1) is 10.0. The Labute approximate surface area is 131 Å². The van der Waals surface area contributed by atoms with Gasteiger partial charge in [-0.05, 0) is 39.0 Å². The predicted octanol–water partition coefficient (Wildman–Crippen LogP) is 2.86. The number of nitrogens with one attached hydrogen (secondary N) is 1. The monoisotopic (exact) mass is 291 g/mol. The van der Waals surface area contributed by atoms with Gasteiger partial charge in [0.1, 0.15) is 0 Å². The van der Waals surface area contributed by atoms with Crippen LogP contribution in [0.2, 0.25) is 0 Å². The molecule has 0 saturated heterocycles. The molecule has 0 spiro atoms. The Balaban J connectivity index is 2.53. The second-order valence-electron chi connectivity index (χ2n) is 6.54. The van der Waals surface area contributed by atoms with Crippen molar-refractivity contribution in [3.05, 3.63) is 35.9 Å².